The largest absolute Gasteiger partial charge is 0.492 e. The van der Waals surface area contributed by atoms with E-state index >= 15 is 0 Å². The smallest absolute Gasteiger partial charge is 0.191 e. The molecule has 0 aliphatic carbocycles. The Hall–Kier alpha value is -3.33. The zero-order valence-corrected chi connectivity index (χ0v) is 20.6. The van der Waals surface area contributed by atoms with Gasteiger partial charge in [0.2, 0.25) is 0 Å². The zero-order chi connectivity index (χ0) is 22.8. The normalized spacial score (nSPS) is 10.8. The van der Waals surface area contributed by atoms with Gasteiger partial charge in [-0.25, -0.2) is 9.07 Å². The Bertz CT molecular complexity index is 1080. The minimum atomic E-state index is -0.347. The van der Waals surface area contributed by atoms with Crippen molar-refractivity contribution in [1.29, 1.82) is 5.26 Å². The molecule has 0 fully saturated rings. The van der Waals surface area contributed by atoms with Crippen LogP contribution >= 0.6 is 24.0 Å². The summed E-state index contributed by atoms with van der Waals surface area (Å²) in [6, 6.07) is 17.5. The van der Waals surface area contributed by atoms with Crippen molar-refractivity contribution >= 4 is 35.8 Å². The lowest BCUT2D eigenvalue weighted by Crippen LogP contribution is -2.39. The summed E-state index contributed by atoms with van der Waals surface area (Å²) < 4.78 is 20.3. The third-order valence-electron chi connectivity index (χ3n) is 4.69. The average molecular weight is 563 g/mol. The summed E-state index contributed by atoms with van der Waals surface area (Å²) in [5.41, 5.74) is 7.65. The number of nitrogen functional groups attached to an aromatic ring is 1. The van der Waals surface area contributed by atoms with Gasteiger partial charge in [-0.1, -0.05) is 18.2 Å². The molecule has 0 aliphatic heterocycles. The van der Waals surface area contributed by atoms with Gasteiger partial charge in [-0.2, -0.15) is 10.4 Å². The molecule has 0 radical (unpaired) electrons. The van der Waals surface area contributed by atoms with Crippen LogP contribution in [0.3, 0.4) is 0 Å². The molecule has 0 saturated carbocycles. The molecule has 0 amide bonds. The SMILES string of the molecule is CN=C(NCCCc1nn(-c2ccc(F)cc2)c(N)c1C#N)NCCOc1ccccc1.I. The molecule has 0 atom stereocenters. The Balaban J connectivity index is 0.00000385. The fourth-order valence-corrected chi connectivity index (χ4v) is 3.09. The van der Waals surface area contributed by atoms with E-state index < -0.39 is 0 Å². The highest BCUT2D eigenvalue weighted by Gasteiger charge is 2.16. The maximum atomic E-state index is 13.2. The monoisotopic (exact) mass is 563 g/mol. The van der Waals surface area contributed by atoms with Crippen molar-refractivity contribution < 1.29 is 9.13 Å². The van der Waals surface area contributed by atoms with Gasteiger partial charge < -0.3 is 21.1 Å². The van der Waals surface area contributed by atoms with Crippen LogP contribution < -0.4 is 21.1 Å². The van der Waals surface area contributed by atoms with Gasteiger partial charge in [-0.15, -0.1) is 24.0 Å². The highest BCUT2D eigenvalue weighted by Crippen LogP contribution is 2.21. The predicted molar refractivity (Wildman–Crippen MR) is 138 cm³/mol. The number of nitriles is 1. The summed E-state index contributed by atoms with van der Waals surface area (Å²) in [6.45, 7) is 1.75. The number of aryl methyl sites for hydroxylation is 1. The summed E-state index contributed by atoms with van der Waals surface area (Å²) in [6.07, 6.45) is 1.28. The molecule has 3 rings (SSSR count). The summed E-state index contributed by atoms with van der Waals surface area (Å²) in [5.74, 6) is 1.39. The van der Waals surface area contributed by atoms with Crippen molar-refractivity contribution in [2.24, 2.45) is 4.99 Å². The standard InChI is InChI=1S/C23H26FN7O.HI/c1-27-23(29-14-15-32-19-6-3-2-4-7-19)28-13-5-8-21-20(16-25)22(26)31(30-21)18-11-9-17(24)10-12-18;/h2-4,6-7,9-12H,5,8,13-15,26H2,1H3,(H2,27,28,29);1H. The molecular formula is C23H27FIN7O. The second-order valence-electron chi connectivity index (χ2n) is 6.90. The van der Waals surface area contributed by atoms with E-state index in [-0.39, 0.29) is 35.6 Å². The molecule has 10 heteroatoms. The summed E-state index contributed by atoms with van der Waals surface area (Å²) in [4.78, 5) is 4.19. The number of hydrogen-bond donors (Lipinski definition) is 3. The van der Waals surface area contributed by atoms with Gasteiger partial charge in [-0.3, -0.25) is 4.99 Å². The van der Waals surface area contributed by atoms with Gasteiger partial charge >= 0.3 is 0 Å². The Morgan fingerprint density at radius 1 is 1.15 bits per heavy atom. The van der Waals surface area contributed by atoms with E-state index in [2.05, 4.69) is 26.8 Å². The molecule has 1 heterocycles. The van der Waals surface area contributed by atoms with E-state index in [9.17, 15) is 9.65 Å². The van der Waals surface area contributed by atoms with Gasteiger partial charge in [0.05, 0.1) is 17.9 Å². The maximum Gasteiger partial charge on any atom is 0.191 e. The van der Waals surface area contributed by atoms with E-state index in [4.69, 9.17) is 10.5 Å². The number of aromatic nitrogens is 2. The van der Waals surface area contributed by atoms with Crippen LogP contribution in [-0.4, -0.2) is 42.5 Å². The molecule has 0 bridgehead atoms. The van der Waals surface area contributed by atoms with Crippen molar-refractivity contribution in [3.8, 4) is 17.5 Å². The second-order valence-corrected chi connectivity index (χ2v) is 6.90. The molecule has 8 nitrogen and oxygen atoms in total. The number of guanidine groups is 1. The number of halogens is 2. The first-order valence-corrected chi connectivity index (χ1v) is 10.3. The van der Waals surface area contributed by atoms with E-state index in [0.717, 1.165) is 12.2 Å². The van der Waals surface area contributed by atoms with Crippen molar-refractivity contribution in [2.45, 2.75) is 12.8 Å². The Morgan fingerprint density at radius 2 is 1.85 bits per heavy atom. The van der Waals surface area contributed by atoms with Crippen LogP contribution in [0.5, 0.6) is 5.75 Å². The van der Waals surface area contributed by atoms with Gasteiger partial charge in [0.15, 0.2) is 5.96 Å². The molecule has 3 aromatic rings. The average Bonchev–Trinajstić information content (AvgIpc) is 3.14. The predicted octanol–water partition coefficient (Wildman–Crippen LogP) is 3.26. The van der Waals surface area contributed by atoms with Gasteiger partial charge in [0.1, 0.15) is 35.6 Å². The first-order valence-electron chi connectivity index (χ1n) is 10.3. The lowest BCUT2D eigenvalue weighted by atomic mass is 10.1. The van der Waals surface area contributed by atoms with E-state index in [1.165, 1.54) is 16.8 Å². The van der Waals surface area contributed by atoms with Gasteiger partial charge in [0, 0.05) is 13.6 Å². The number of para-hydroxylation sites is 1. The first kappa shape index (κ1) is 25.9. The summed E-state index contributed by atoms with van der Waals surface area (Å²) >= 11 is 0. The van der Waals surface area contributed by atoms with Crippen molar-refractivity contribution in [1.82, 2.24) is 20.4 Å². The molecule has 2 aromatic carbocycles. The van der Waals surface area contributed by atoms with Crippen LogP contribution in [0.2, 0.25) is 0 Å². The summed E-state index contributed by atoms with van der Waals surface area (Å²) in [5, 5.41) is 20.4. The van der Waals surface area contributed by atoms with Crippen LogP contribution in [-0.2, 0) is 6.42 Å². The van der Waals surface area contributed by atoms with Crippen LogP contribution in [0.1, 0.15) is 17.7 Å². The van der Waals surface area contributed by atoms with Crippen molar-refractivity contribution in [3.05, 3.63) is 71.7 Å². The van der Waals surface area contributed by atoms with Crippen molar-refractivity contribution in [3.63, 3.8) is 0 Å². The molecule has 1 aromatic heterocycles. The molecule has 174 valence electrons. The minimum absolute atomic E-state index is 0. The van der Waals surface area contributed by atoms with Crippen molar-refractivity contribution in [2.75, 3.05) is 32.5 Å². The molecule has 0 unspecified atom stereocenters. The van der Waals surface area contributed by atoms with E-state index in [0.29, 0.717) is 49.0 Å². The van der Waals surface area contributed by atoms with Crippen LogP contribution in [0.25, 0.3) is 5.69 Å². The molecule has 4 N–H and O–H groups in total. The Labute approximate surface area is 209 Å². The first-order chi connectivity index (χ1) is 15.6. The quantitative estimate of drug-likeness (QED) is 0.160. The maximum absolute atomic E-state index is 13.2. The van der Waals surface area contributed by atoms with Gasteiger partial charge in [-0.05, 0) is 49.2 Å². The van der Waals surface area contributed by atoms with E-state index in [1.54, 1.807) is 19.2 Å². The van der Waals surface area contributed by atoms with Crippen LogP contribution in [0.15, 0.2) is 59.6 Å². The van der Waals surface area contributed by atoms with Crippen LogP contribution in [0, 0.1) is 17.1 Å². The Morgan fingerprint density at radius 3 is 2.52 bits per heavy atom. The third-order valence-corrected chi connectivity index (χ3v) is 4.69. The number of ether oxygens (including phenoxy) is 1. The number of rotatable bonds is 9. The number of hydrogen-bond acceptors (Lipinski definition) is 5. The summed E-state index contributed by atoms with van der Waals surface area (Å²) in [7, 11) is 1.70. The van der Waals surface area contributed by atoms with E-state index in [1.807, 2.05) is 30.3 Å². The fraction of sp³-hybridized carbons (Fsp3) is 0.261. The number of nitrogens with two attached hydrogens (primary N) is 1. The number of nitrogens with one attached hydrogen (secondary N) is 2. The van der Waals surface area contributed by atoms with Gasteiger partial charge in [0.25, 0.3) is 0 Å². The fourth-order valence-electron chi connectivity index (χ4n) is 3.09. The second kappa shape index (κ2) is 13.3. The lowest BCUT2D eigenvalue weighted by molar-refractivity contribution is 0.322. The molecule has 0 spiro atoms. The molecule has 0 saturated heterocycles. The third kappa shape index (κ3) is 7.35. The number of benzene rings is 2. The van der Waals surface area contributed by atoms with Crippen LogP contribution in [0.4, 0.5) is 10.2 Å². The molecular weight excluding hydrogens is 536 g/mol. The lowest BCUT2D eigenvalue weighted by Gasteiger charge is -2.12. The Kier molecular flexibility index (Phi) is 10.4. The zero-order valence-electron chi connectivity index (χ0n) is 18.3. The molecule has 0 aliphatic rings. The molecule has 33 heavy (non-hydrogen) atoms. The topological polar surface area (TPSA) is 113 Å². The highest BCUT2D eigenvalue weighted by molar-refractivity contribution is 14.0. The number of anilines is 1. The number of aliphatic imine (C=N–C) groups is 1. The minimum Gasteiger partial charge on any atom is -0.492 e. The number of nitrogens with zero attached hydrogens (tertiary/aromatic N) is 4. The highest BCUT2D eigenvalue weighted by atomic mass is 127.